The predicted molar refractivity (Wildman–Crippen MR) is 108 cm³/mol. The molecule has 26 heavy (non-hydrogen) atoms. The number of rotatable bonds is 3. The first-order valence-corrected chi connectivity index (χ1v) is 8.81. The number of halogens is 2. The lowest BCUT2D eigenvalue weighted by Gasteiger charge is -1.99. The SMILES string of the molecule is Cc1cccc2oc(-c3cccc(N=Cc4ccc(Cl)c(Cl)c4)c3)nc12. The molecule has 0 aliphatic rings. The van der Waals surface area contributed by atoms with Crippen LogP contribution in [0.1, 0.15) is 11.1 Å². The molecule has 0 fully saturated rings. The summed E-state index contributed by atoms with van der Waals surface area (Å²) in [5.74, 6) is 0.584. The first-order valence-electron chi connectivity index (χ1n) is 8.06. The van der Waals surface area contributed by atoms with Crippen LogP contribution in [0.3, 0.4) is 0 Å². The molecule has 0 amide bonds. The second-order valence-corrected chi connectivity index (χ2v) is 6.74. The molecule has 0 saturated carbocycles. The molecule has 3 nitrogen and oxygen atoms in total. The quantitative estimate of drug-likeness (QED) is 0.364. The van der Waals surface area contributed by atoms with Crippen LogP contribution >= 0.6 is 23.2 Å². The maximum absolute atomic E-state index is 6.04. The van der Waals surface area contributed by atoms with E-state index < -0.39 is 0 Å². The van der Waals surface area contributed by atoms with E-state index >= 15 is 0 Å². The van der Waals surface area contributed by atoms with Crippen molar-refractivity contribution in [3.05, 3.63) is 81.8 Å². The van der Waals surface area contributed by atoms with Crippen LogP contribution in [0.4, 0.5) is 5.69 Å². The third kappa shape index (κ3) is 3.36. The standard InChI is InChI=1S/C21H14Cl2N2O/c1-13-4-2-7-19-20(13)25-21(26-19)15-5-3-6-16(11-15)24-12-14-8-9-17(22)18(23)10-14/h2-12H,1H3. The average Bonchev–Trinajstić information content (AvgIpc) is 3.09. The molecule has 0 saturated heterocycles. The van der Waals surface area contributed by atoms with Crippen molar-refractivity contribution in [3.8, 4) is 11.5 Å². The molecule has 0 N–H and O–H groups in total. The Morgan fingerprint density at radius 3 is 2.62 bits per heavy atom. The van der Waals surface area contributed by atoms with Gasteiger partial charge in [-0.05, 0) is 54.4 Å². The van der Waals surface area contributed by atoms with Crippen LogP contribution in [-0.2, 0) is 0 Å². The first kappa shape index (κ1) is 16.8. The molecule has 0 radical (unpaired) electrons. The van der Waals surface area contributed by atoms with E-state index in [1.807, 2.05) is 55.5 Å². The number of fused-ring (bicyclic) bond motifs is 1. The molecule has 0 bridgehead atoms. The summed E-state index contributed by atoms with van der Waals surface area (Å²) in [6, 6.07) is 19.0. The molecule has 128 valence electrons. The van der Waals surface area contributed by atoms with Gasteiger partial charge in [0.1, 0.15) is 5.52 Å². The molecule has 0 atom stereocenters. The normalized spacial score (nSPS) is 11.5. The minimum Gasteiger partial charge on any atom is -0.436 e. The second-order valence-electron chi connectivity index (χ2n) is 5.92. The lowest BCUT2D eigenvalue weighted by Crippen LogP contribution is -1.82. The van der Waals surface area contributed by atoms with Gasteiger partial charge < -0.3 is 4.42 Å². The number of aromatic nitrogens is 1. The predicted octanol–water partition coefficient (Wildman–Crippen LogP) is 6.86. The fraction of sp³-hybridized carbons (Fsp3) is 0.0476. The summed E-state index contributed by atoms with van der Waals surface area (Å²) in [7, 11) is 0. The van der Waals surface area contributed by atoms with Gasteiger partial charge in [0.15, 0.2) is 5.58 Å². The Bertz CT molecular complexity index is 1130. The zero-order chi connectivity index (χ0) is 18.1. The summed E-state index contributed by atoms with van der Waals surface area (Å²) in [6.45, 7) is 2.02. The molecule has 3 aromatic carbocycles. The second kappa shape index (κ2) is 6.94. The Morgan fingerprint density at radius 1 is 0.962 bits per heavy atom. The number of aliphatic imine (C=N–C) groups is 1. The van der Waals surface area contributed by atoms with Crippen molar-refractivity contribution in [1.29, 1.82) is 0 Å². The third-order valence-corrected chi connectivity index (χ3v) is 4.76. The van der Waals surface area contributed by atoms with Crippen molar-refractivity contribution in [2.24, 2.45) is 4.99 Å². The Morgan fingerprint density at radius 2 is 1.81 bits per heavy atom. The first-order chi connectivity index (χ1) is 12.6. The fourth-order valence-electron chi connectivity index (χ4n) is 2.67. The molecule has 0 spiro atoms. The monoisotopic (exact) mass is 380 g/mol. The van der Waals surface area contributed by atoms with Crippen LogP contribution in [0.5, 0.6) is 0 Å². The summed E-state index contributed by atoms with van der Waals surface area (Å²) in [5.41, 5.74) is 5.31. The average molecular weight is 381 g/mol. The van der Waals surface area contributed by atoms with Gasteiger partial charge in [0.25, 0.3) is 0 Å². The van der Waals surface area contributed by atoms with Gasteiger partial charge in [-0.15, -0.1) is 0 Å². The summed E-state index contributed by atoms with van der Waals surface area (Å²) in [5, 5.41) is 1.03. The Hall–Kier alpha value is -2.62. The maximum atomic E-state index is 6.04. The van der Waals surface area contributed by atoms with Crippen LogP contribution in [-0.4, -0.2) is 11.2 Å². The Labute approximate surface area is 160 Å². The maximum Gasteiger partial charge on any atom is 0.227 e. The van der Waals surface area contributed by atoms with Gasteiger partial charge >= 0.3 is 0 Å². The van der Waals surface area contributed by atoms with Crippen LogP contribution in [0.25, 0.3) is 22.6 Å². The lowest BCUT2D eigenvalue weighted by atomic mass is 10.2. The van der Waals surface area contributed by atoms with Gasteiger partial charge in [-0.2, -0.15) is 0 Å². The molecule has 0 aliphatic heterocycles. The van der Waals surface area contributed by atoms with E-state index in [9.17, 15) is 0 Å². The van der Waals surface area contributed by atoms with Crippen molar-refractivity contribution in [3.63, 3.8) is 0 Å². The number of oxazole rings is 1. The minimum atomic E-state index is 0.506. The van der Waals surface area contributed by atoms with E-state index in [1.165, 1.54) is 0 Å². The summed E-state index contributed by atoms with van der Waals surface area (Å²) in [6.07, 6.45) is 1.75. The lowest BCUT2D eigenvalue weighted by molar-refractivity contribution is 0.620. The number of para-hydroxylation sites is 1. The van der Waals surface area contributed by atoms with Crippen molar-refractivity contribution in [2.45, 2.75) is 6.92 Å². The molecule has 4 aromatic rings. The van der Waals surface area contributed by atoms with E-state index in [-0.39, 0.29) is 0 Å². The van der Waals surface area contributed by atoms with Gasteiger partial charge in [0, 0.05) is 11.8 Å². The summed E-state index contributed by atoms with van der Waals surface area (Å²) in [4.78, 5) is 9.12. The highest BCUT2D eigenvalue weighted by molar-refractivity contribution is 6.42. The number of benzene rings is 3. The molecule has 5 heteroatoms. The number of hydrogen-bond acceptors (Lipinski definition) is 3. The van der Waals surface area contributed by atoms with Crippen LogP contribution in [0.2, 0.25) is 10.0 Å². The molecular weight excluding hydrogens is 367 g/mol. The van der Waals surface area contributed by atoms with Crippen molar-refractivity contribution < 1.29 is 4.42 Å². The van der Waals surface area contributed by atoms with E-state index in [0.29, 0.717) is 15.9 Å². The summed E-state index contributed by atoms with van der Waals surface area (Å²) >= 11 is 12.0. The van der Waals surface area contributed by atoms with Crippen molar-refractivity contribution >= 4 is 46.2 Å². The van der Waals surface area contributed by atoms with Crippen molar-refractivity contribution in [2.75, 3.05) is 0 Å². The number of hydrogen-bond donors (Lipinski definition) is 0. The molecular formula is C21H14Cl2N2O. The summed E-state index contributed by atoms with van der Waals surface area (Å²) < 4.78 is 5.89. The van der Waals surface area contributed by atoms with Gasteiger partial charge in [-0.1, -0.05) is 47.5 Å². The van der Waals surface area contributed by atoms with E-state index in [0.717, 1.165) is 33.5 Å². The number of aryl methyl sites for hydroxylation is 1. The Balaban J connectivity index is 1.66. The van der Waals surface area contributed by atoms with Crippen molar-refractivity contribution in [1.82, 2.24) is 4.98 Å². The van der Waals surface area contributed by atoms with Gasteiger partial charge in [0.05, 0.1) is 15.7 Å². The Kier molecular flexibility index (Phi) is 4.49. The molecule has 1 aromatic heterocycles. The fourth-order valence-corrected chi connectivity index (χ4v) is 2.98. The molecule has 4 rings (SSSR count). The van der Waals surface area contributed by atoms with Gasteiger partial charge in [-0.25, -0.2) is 4.98 Å². The van der Waals surface area contributed by atoms with Gasteiger partial charge in [-0.3, -0.25) is 4.99 Å². The molecule has 0 unspecified atom stereocenters. The highest BCUT2D eigenvalue weighted by Gasteiger charge is 2.10. The molecule has 1 heterocycles. The van der Waals surface area contributed by atoms with Crippen LogP contribution < -0.4 is 0 Å². The minimum absolute atomic E-state index is 0.506. The van der Waals surface area contributed by atoms with Crippen LogP contribution in [0, 0.1) is 6.92 Å². The smallest absolute Gasteiger partial charge is 0.227 e. The highest BCUT2D eigenvalue weighted by atomic mass is 35.5. The zero-order valence-corrected chi connectivity index (χ0v) is 15.4. The van der Waals surface area contributed by atoms with E-state index in [2.05, 4.69) is 9.98 Å². The topological polar surface area (TPSA) is 38.4 Å². The van der Waals surface area contributed by atoms with E-state index in [1.54, 1.807) is 18.3 Å². The third-order valence-electron chi connectivity index (χ3n) is 4.02. The zero-order valence-electron chi connectivity index (χ0n) is 13.9. The number of nitrogens with zero attached hydrogens (tertiary/aromatic N) is 2. The molecule has 0 aliphatic carbocycles. The van der Waals surface area contributed by atoms with Crippen LogP contribution in [0.15, 0.2) is 70.1 Å². The van der Waals surface area contributed by atoms with Gasteiger partial charge in [0.2, 0.25) is 5.89 Å². The van der Waals surface area contributed by atoms with E-state index in [4.69, 9.17) is 27.6 Å². The highest BCUT2D eigenvalue weighted by Crippen LogP contribution is 2.28. The largest absolute Gasteiger partial charge is 0.436 e.